The zero-order valence-corrected chi connectivity index (χ0v) is 12.2. The van der Waals surface area contributed by atoms with Crippen LogP contribution in [0, 0.1) is 0 Å². The Balaban J connectivity index is 1.82. The Morgan fingerprint density at radius 1 is 1.40 bits per heavy atom. The second-order valence-electron chi connectivity index (χ2n) is 5.85. The van der Waals surface area contributed by atoms with Crippen LogP contribution in [-0.2, 0) is 6.54 Å². The zero-order chi connectivity index (χ0) is 14.3. The van der Waals surface area contributed by atoms with E-state index < -0.39 is 0 Å². The van der Waals surface area contributed by atoms with Crippen molar-refractivity contribution in [2.24, 2.45) is 0 Å². The Bertz CT molecular complexity index is 512. The molecule has 1 aromatic heterocycles. The van der Waals surface area contributed by atoms with Gasteiger partial charge in [-0.2, -0.15) is 5.10 Å². The number of likely N-dealkylation sites (N-methyl/N-ethyl adjacent to an activating group) is 1. The van der Waals surface area contributed by atoms with E-state index in [-0.39, 0.29) is 5.91 Å². The average molecular weight is 277 g/mol. The monoisotopic (exact) mass is 277 g/mol. The van der Waals surface area contributed by atoms with Gasteiger partial charge in [0.1, 0.15) is 5.69 Å². The van der Waals surface area contributed by atoms with E-state index in [0.29, 0.717) is 30.0 Å². The molecular formula is C14H23N5O. The lowest BCUT2D eigenvalue weighted by molar-refractivity contribution is 0.0729. The predicted molar refractivity (Wildman–Crippen MR) is 77.4 cm³/mol. The molecule has 2 N–H and O–H groups in total. The van der Waals surface area contributed by atoms with E-state index in [1.165, 1.54) is 12.8 Å². The molecule has 1 amide bonds. The van der Waals surface area contributed by atoms with Crippen molar-refractivity contribution in [2.45, 2.75) is 44.8 Å². The summed E-state index contributed by atoms with van der Waals surface area (Å²) in [6.07, 6.45) is 5.08. The molecule has 110 valence electrons. The molecule has 2 saturated heterocycles. The zero-order valence-electron chi connectivity index (χ0n) is 12.2. The van der Waals surface area contributed by atoms with E-state index in [2.05, 4.69) is 17.0 Å². The van der Waals surface area contributed by atoms with Crippen molar-refractivity contribution < 1.29 is 4.79 Å². The first kappa shape index (κ1) is 13.4. The Hall–Kier alpha value is -1.56. The van der Waals surface area contributed by atoms with Gasteiger partial charge in [0.15, 0.2) is 0 Å². The molecule has 0 aliphatic carbocycles. The summed E-state index contributed by atoms with van der Waals surface area (Å²) >= 11 is 0. The fourth-order valence-electron chi connectivity index (χ4n) is 3.52. The maximum absolute atomic E-state index is 12.8. The van der Waals surface area contributed by atoms with E-state index in [9.17, 15) is 4.79 Å². The van der Waals surface area contributed by atoms with Crippen LogP contribution in [0.1, 0.15) is 36.7 Å². The van der Waals surface area contributed by atoms with Gasteiger partial charge in [0.05, 0.1) is 11.9 Å². The van der Waals surface area contributed by atoms with E-state index in [1.54, 1.807) is 10.9 Å². The molecule has 0 radical (unpaired) electrons. The highest BCUT2D eigenvalue weighted by atomic mass is 16.2. The summed E-state index contributed by atoms with van der Waals surface area (Å²) < 4.78 is 1.70. The molecular weight excluding hydrogens is 254 g/mol. The van der Waals surface area contributed by atoms with E-state index in [1.807, 2.05) is 11.8 Å². The van der Waals surface area contributed by atoms with Crippen LogP contribution in [0.5, 0.6) is 0 Å². The maximum atomic E-state index is 12.8. The normalized spacial score (nSPS) is 26.8. The van der Waals surface area contributed by atoms with Gasteiger partial charge in [0, 0.05) is 31.7 Å². The highest BCUT2D eigenvalue weighted by Gasteiger charge is 2.37. The number of aryl methyl sites for hydroxylation is 1. The summed E-state index contributed by atoms with van der Waals surface area (Å²) in [5.74, 6) is 0.0304. The van der Waals surface area contributed by atoms with Gasteiger partial charge < -0.3 is 10.6 Å². The third kappa shape index (κ3) is 2.08. The highest BCUT2D eigenvalue weighted by molar-refractivity contribution is 5.97. The number of nitrogens with zero attached hydrogens (tertiary/aromatic N) is 4. The summed E-state index contributed by atoms with van der Waals surface area (Å²) in [5, 5.41) is 4.17. The molecule has 2 unspecified atom stereocenters. The molecule has 2 fully saturated rings. The van der Waals surface area contributed by atoms with Crippen LogP contribution in [0.3, 0.4) is 0 Å². The standard InChI is InChI=1S/C14H23N5O/c1-3-19-13(12(15)8-16-19)14(20)18-7-6-10-4-5-11(9-18)17(10)2/h8,10-11H,3-7,9,15H2,1-2H3. The smallest absolute Gasteiger partial charge is 0.274 e. The number of rotatable bonds is 2. The number of amides is 1. The summed E-state index contributed by atoms with van der Waals surface area (Å²) in [6.45, 7) is 4.26. The van der Waals surface area contributed by atoms with E-state index in [0.717, 1.165) is 19.5 Å². The molecule has 3 heterocycles. The van der Waals surface area contributed by atoms with Gasteiger partial charge >= 0.3 is 0 Å². The summed E-state index contributed by atoms with van der Waals surface area (Å²) in [5.41, 5.74) is 6.96. The molecule has 2 aliphatic rings. The fourth-order valence-corrected chi connectivity index (χ4v) is 3.52. The van der Waals surface area contributed by atoms with Crippen molar-refractivity contribution in [2.75, 3.05) is 25.9 Å². The third-order valence-corrected chi connectivity index (χ3v) is 4.81. The number of aromatic nitrogens is 2. The lowest BCUT2D eigenvalue weighted by Gasteiger charge is -2.26. The molecule has 2 aliphatic heterocycles. The number of hydrogen-bond acceptors (Lipinski definition) is 4. The summed E-state index contributed by atoms with van der Waals surface area (Å²) in [4.78, 5) is 17.2. The lowest BCUT2D eigenvalue weighted by atomic mass is 10.1. The van der Waals surface area contributed by atoms with Crippen LogP contribution in [-0.4, -0.2) is 57.7 Å². The Labute approximate surface area is 119 Å². The van der Waals surface area contributed by atoms with Crippen molar-refractivity contribution >= 4 is 11.6 Å². The fraction of sp³-hybridized carbons (Fsp3) is 0.714. The SMILES string of the molecule is CCn1ncc(N)c1C(=O)N1CCC2CCC(C1)N2C. The van der Waals surface area contributed by atoms with Crippen LogP contribution in [0.25, 0.3) is 0 Å². The second kappa shape index (κ2) is 5.09. The largest absolute Gasteiger partial charge is 0.396 e. The topological polar surface area (TPSA) is 67.4 Å². The van der Waals surface area contributed by atoms with Crippen molar-refractivity contribution in [1.82, 2.24) is 19.6 Å². The molecule has 20 heavy (non-hydrogen) atoms. The van der Waals surface area contributed by atoms with Crippen molar-refractivity contribution in [3.05, 3.63) is 11.9 Å². The predicted octanol–water partition coefficient (Wildman–Crippen LogP) is 0.794. The molecule has 0 saturated carbocycles. The number of anilines is 1. The second-order valence-corrected chi connectivity index (χ2v) is 5.85. The minimum absolute atomic E-state index is 0.0304. The lowest BCUT2D eigenvalue weighted by Crippen LogP contribution is -2.40. The molecule has 3 rings (SSSR count). The number of carbonyl (C=O) groups is 1. The summed E-state index contributed by atoms with van der Waals surface area (Å²) in [6, 6.07) is 1.12. The highest BCUT2D eigenvalue weighted by Crippen LogP contribution is 2.29. The Morgan fingerprint density at radius 2 is 2.15 bits per heavy atom. The van der Waals surface area contributed by atoms with Gasteiger partial charge in [-0.15, -0.1) is 0 Å². The molecule has 6 heteroatoms. The number of likely N-dealkylation sites (tertiary alicyclic amines) is 1. The average Bonchev–Trinajstić information content (AvgIpc) is 2.90. The molecule has 2 bridgehead atoms. The quantitative estimate of drug-likeness (QED) is 0.868. The number of nitrogen functional groups attached to an aromatic ring is 1. The summed E-state index contributed by atoms with van der Waals surface area (Å²) in [7, 11) is 2.18. The molecule has 2 atom stereocenters. The number of fused-ring (bicyclic) bond motifs is 2. The van der Waals surface area contributed by atoms with E-state index >= 15 is 0 Å². The van der Waals surface area contributed by atoms with Crippen LogP contribution in [0.15, 0.2) is 6.20 Å². The van der Waals surface area contributed by atoms with Crippen LogP contribution in [0.4, 0.5) is 5.69 Å². The van der Waals surface area contributed by atoms with Crippen molar-refractivity contribution in [3.8, 4) is 0 Å². The Morgan fingerprint density at radius 3 is 2.90 bits per heavy atom. The number of hydrogen-bond donors (Lipinski definition) is 1. The number of nitrogens with two attached hydrogens (primary N) is 1. The van der Waals surface area contributed by atoms with Crippen molar-refractivity contribution in [3.63, 3.8) is 0 Å². The van der Waals surface area contributed by atoms with Gasteiger partial charge in [-0.1, -0.05) is 0 Å². The minimum atomic E-state index is 0.0304. The molecule has 0 aromatic carbocycles. The van der Waals surface area contributed by atoms with Crippen LogP contribution >= 0.6 is 0 Å². The van der Waals surface area contributed by atoms with Gasteiger partial charge in [-0.3, -0.25) is 14.4 Å². The van der Waals surface area contributed by atoms with Gasteiger partial charge in [-0.25, -0.2) is 0 Å². The molecule has 6 nitrogen and oxygen atoms in total. The first-order chi connectivity index (χ1) is 9.61. The Kier molecular flexibility index (Phi) is 3.41. The molecule has 1 aromatic rings. The first-order valence-corrected chi connectivity index (χ1v) is 7.44. The van der Waals surface area contributed by atoms with Gasteiger partial charge in [0.25, 0.3) is 5.91 Å². The first-order valence-electron chi connectivity index (χ1n) is 7.44. The maximum Gasteiger partial charge on any atom is 0.274 e. The van der Waals surface area contributed by atoms with Gasteiger partial charge in [0.2, 0.25) is 0 Å². The van der Waals surface area contributed by atoms with Gasteiger partial charge in [-0.05, 0) is 33.2 Å². The van der Waals surface area contributed by atoms with Crippen LogP contribution < -0.4 is 5.73 Å². The molecule has 0 spiro atoms. The number of carbonyl (C=O) groups excluding carboxylic acids is 1. The minimum Gasteiger partial charge on any atom is -0.396 e. The van der Waals surface area contributed by atoms with Crippen LogP contribution in [0.2, 0.25) is 0 Å². The van der Waals surface area contributed by atoms with E-state index in [4.69, 9.17) is 5.73 Å². The van der Waals surface area contributed by atoms with Crippen molar-refractivity contribution in [1.29, 1.82) is 0 Å². The third-order valence-electron chi connectivity index (χ3n) is 4.81.